The molecule has 0 radical (unpaired) electrons. The molecule has 2 rings (SSSR count). The van der Waals surface area contributed by atoms with Crippen LogP contribution >= 0.6 is 11.3 Å². The Balaban J connectivity index is 1.89. The molecule has 4 heteroatoms. The summed E-state index contributed by atoms with van der Waals surface area (Å²) >= 11 is 1.79. The van der Waals surface area contributed by atoms with E-state index in [4.69, 9.17) is 0 Å². The Morgan fingerprint density at radius 3 is 2.92 bits per heavy atom. The van der Waals surface area contributed by atoms with E-state index in [0.717, 1.165) is 19.6 Å². The van der Waals surface area contributed by atoms with Crippen LogP contribution in [0.2, 0.25) is 0 Å². The zero-order valence-corrected chi connectivity index (χ0v) is 8.90. The van der Waals surface area contributed by atoms with E-state index in [1.165, 1.54) is 9.88 Å². The van der Waals surface area contributed by atoms with Crippen LogP contribution in [0.15, 0.2) is 6.20 Å². The van der Waals surface area contributed by atoms with Gasteiger partial charge in [-0.3, -0.25) is 4.90 Å². The molecular weight excluding hydrogens is 182 g/mol. The second kappa shape index (κ2) is 3.74. The molecule has 1 saturated heterocycles. The van der Waals surface area contributed by atoms with Gasteiger partial charge in [-0.1, -0.05) is 0 Å². The molecule has 1 fully saturated rings. The molecular formula is C9H15N3S. The van der Waals surface area contributed by atoms with E-state index in [1.54, 1.807) is 11.3 Å². The third kappa shape index (κ3) is 2.07. The van der Waals surface area contributed by atoms with Crippen LogP contribution in [0.25, 0.3) is 0 Å². The first-order valence-corrected chi connectivity index (χ1v) is 5.39. The third-order valence-corrected chi connectivity index (χ3v) is 3.33. The molecule has 1 N–H and O–H groups in total. The molecule has 0 aliphatic carbocycles. The third-order valence-electron chi connectivity index (χ3n) is 2.44. The van der Waals surface area contributed by atoms with Crippen molar-refractivity contribution in [3.8, 4) is 0 Å². The molecule has 3 nitrogen and oxygen atoms in total. The fraction of sp³-hybridized carbons (Fsp3) is 0.667. The van der Waals surface area contributed by atoms with Gasteiger partial charge in [0.2, 0.25) is 0 Å². The monoisotopic (exact) mass is 197 g/mol. The number of hydrogen-bond donors (Lipinski definition) is 1. The second-order valence-electron chi connectivity index (χ2n) is 3.59. The molecule has 1 aromatic rings. The van der Waals surface area contributed by atoms with Gasteiger partial charge in [0, 0.05) is 30.2 Å². The van der Waals surface area contributed by atoms with Crippen LogP contribution in [-0.2, 0) is 6.54 Å². The summed E-state index contributed by atoms with van der Waals surface area (Å²) in [5.41, 5.74) is 0. The van der Waals surface area contributed by atoms with Crippen molar-refractivity contribution in [1.29, 1.82) is 0 Å². The van der Waals surface area contributed by atoms with Crippen LogP contribution in [-0.4, -0.2) is 36.1 Å². The van der Waals surface area contributed by atoms with Gasteiger partial charge in [-0.2, -0.15) is 0 Å². The number of nitrogens with one attached hydrogen (secondary N) is 1. The fourth-order valence-corrected chi connectivity index (χ4v) is 2.25. The summed E-state index contributed by atoms with van der Waals surface area (Å²) in [6.07, 6.45) is 1.95. The predicted molar refractivity (Wildman–Crippen MR) is 55.0 cm³/mol. The molecule has 72 valence electrons. The first kappa shape index (κ1) is 9.12. The van der Waals surface area contributed by atoms with Crippen LogP contribution in [0.4, 0.5) is 0 Å². The average Bonchev–Trinajstić information content (AvgIpc) is 2.31. The van der Waals surface area contributed by atoms with Crippen LogP contribution in [0.5, 0.6) is 0 Å². The van der Waals surface area contributed by atoms with Crippen LogP contribution < -0.4 is 5.32 Å². The Hall–Kier alpha value is -0.450. The standard InChI is InChI=1S/C9H15N3S/c1-7-3-11-9(13-7)6-12(2)8-4-10-5-8/h3,8,10H,4-6H2,1-2H3. The summed E-state index contributed by atoms with van der Waals surface area (Å²) in [5, 5.41) is 4.50. The van der Waals surface area contributed by atoms with E-state index >= 15 is 0 Å². The van der Waals surface area contributed by atoms with Gasteiger partial charge < -0.3 is 5.32 Å². The lowest BCUT2D eigenvalue weighted by Gasteiger charge is -2.35. The highest BCUT2D eigenvalue weighted by Crippen LogP contribution is 2.14. The Kier molecular flexibility index (Phi) is 2.62. The minimum atomic E-state index is 0.712. The Morgan fingerprint density at radius 1 is 1.69 bits per heavy atom. The van der Waals surface area contributed by atoms with Crippen molar-refractivity contribution in [2.75, 3.05) is 20.1 Å². The molecule has 0 spiro atoms. The number of aryl methyl sites for hydroxylation is 1. The molecule has 13 heavy (non-hydrogen) atoms. The van der Waals surface area contributed by atoms with E-state index in [0.29, 0.717) is 6.04 Å². The number of likely N-dealkylation sites (N-methyl/N-ethyl adjacent to an activating group) is 1. The number of rotatable bonds is 3. The minimum absolute atomic E-state index is 0.712. The smallest absolute Gasteiger partial charge is 0.107 e. The molecule has 0 saturated carbocycles. The maximum Gasteiger partial charge on any atom is 0.107 e. The maximum atomic E-state index is 4.35. The normalized spacial score (nSPS) is 17.8. The van der Waals surface area contributed by atoms with Gasteiger partial charge in [0.15, 0.2) is 0 Å². The number of aromatic nitrogens is 1. The summed E-state index contributed by atoms with van der Waals surface area (Å²) in [4.78, 5) is 8.02. The van der Waals surface area contributed by atoms with E-state index in [9.17, 15) is 0 Å². The van der Waals surface area contributed by atoms with Crippen LogP contribution in [0.1, 0.15) is 9.88 Å². The zero-order valence-electron chi connectivity index (χ0n) is 8.08. The number of nitrogens with zero attached hydrogens (tertiary/aromatic N) is 2. The van der Waals surface area contributed by atoms with Crippen LogP contribution in [0.3, 0.4) is 0 Å². The molecule has 1 aliphatic rings. The first-order valence-electron chi connectivity index (χ1n) is 4.58. The van der Waals surface area contributed by atoms with Gasteiger partial charge in [-0.25, -0.2) is 4.98 Å². The quantitative estimate of drug-likeness (QED) is 0.779. The van der Waals surface area contributed by atoms with Crippen LogP contribution in [0, 0.1) is 6.92 Å². The summed E-state index contributed by atoms with van der Waals surface area (Å²) in [7, 11) is 2.17. The molecule has 2 heterocycles. The lowest BCUT2D eigenvalue weighted by atomic mass is 10.1. The van der Waals surface area contributed by atoms with Gasteiger partial charge in [-0.05, 0) is 14.0 Å². The number of thiazole rings is 1. The van der Waals surface area contributed by atoms with E-state index < -0.39 is 0 Å². The SMILES string of the molecule is Cc1cnc(CN(C)C2CNC2)s1. The lowest BCUT2D eigenvalue weighted by molar-refractivity contribution is 0.173. The Labute approximate surface area is 82.8 Å². The Bertz CT molecular complexity index is 280. The van der Waals surface area contributed by atoms with Crippen molar-refractivity contribution in [3.63, 3.8) is 0 Å². The minimum Gasteiger partial charge on any atom is -0.314 e. The molecule has 0 bridgehead atoms. The molecule has 0 aromatic carbocycles. The van der Waals surface area contributed by atoms with E-state index in [2.05, 4.69) is 29.2 Å². The molecule has 0 atom stereocenters. The second-order valence-corrected chi connectivity index (χ2v) is 4.91. The van der Waals surface area contributed by atoms with E-state index in [1.807, 2.05) is 6.20 Å². The molecule has 0 unspecified atom stereocenters. The van der Waals surface area contributed by atoms with Crippen molar-refractivity contribution >= 4 is 11.3 Å². The van der Waals surface area contributed by atoms with Gasteiger partial charge in [0.1, 0.15) is 5.01 Å². The van der Waals surface area contributed by atoms with Crippen molar-refractivity contribution in [3.05, 3.63) is 16.1 Å². The summed E-state index contributed by atoms with van der Waals surface area (Å²) < 4.78 is 0. The molecule has 1 aliphatic heterocycles. The highest BCUT2D eigenvalue weighted by molar-refractivity contribution is 7.11. The maximum absolute atomic E-state index is 4.35. The molecule has 0 amide bonds. The van der Waals surface area contributed by atoms with Crippen molar-refractivity contribution in [2.45, 2.75) is 19.5 Å². The topological polar surface area (TPSA) is 28.2 Å². The van der Waals surface area contributed by atoms with Crippen molar-refractivity contribution < 1.29 is 0 Å². The Morgan fingerprint density at radius 2 is 2.46 bits per heavy atom. The van der Waals surface area contributed by atoms with Crippen molar-refractivity contribution in [1.82, 2.24) is 15.2 Å². The van der Waals surface area contributed by atoms with E-state index in [-0.39, 0.29) is 0 Å². The lowest BCUT2D eigenvalue weighted by Crippen LogP contribution is -2.55. The molecule has 1 aromatic heterocycles. The van der Waals surface area contributed by atoms with Crippen molar-refractivity contribution in [2.24, 2.45) is 0 Å². The highest BCUT2D eigenvalue weighted by atomic mass is 32.1. The predicted octanol–water partition coefficient (Wildman–Crippen LogP) is 0.855. The summed E-state index contributed by atoms with van der Waals surface area (Å²) in [5.74, 6) is 0. The van der Waals surface area contributed by atoms with Gasteiger partial charge >= 0.3 is 0 Å². The van der Waals surface area contributed by atoms with Gasteiger partial charge in [0.05, 0.1) is 6.54 Å². The fourth-order valence-electron chi connectivity index (χ4n) is 1.40. The number of hydrogen-bond acceptors (Lipinski definition) is 4. The van der Waals surface area contributed by atoms with Gasteiger partial charge in [-0.15, -0.1) is 11.3 Å². The largest absolute Gasteiger partial charge is 0.314 e. The summed E-state index contributed by atoms with van der Waals surface area (Å²) in [6.45, 7) is 5.35. The highest BCUT2D eigenvalue weighted by Gasteiger charge is 2.21. The zero-order chi connectivity index (χ0) is 9.26. The summed E-state index contributed by atoms with van der Waals surface area (Å²) in [6, 6.07) is 0.712. The first-order chi connectivity index (χ1) is 6.25. The van der Waals surface area contributed by atoms with Gasteiger partial charge in [0.25, 0.3) is 0 Å². The average molecular weight is 197 g/mol.